The number of carboxylic acid groups (broad SMARTS) is 1. The number of nitrogens with zero attached hydrogens (tertiary/aromatic N) is 3. The molecule has 10 nitrogen and oxygen atoms in total. The van der Waals surface area contributed by atoms with Gasteiger partial charge < -0.3 is 28.0 Å². The maximum Gasteiger partial charge on any atom is 0.501 e. The summed E-state index contributed by atoms with van der Waals surface area (Å²) in [5, 5.41) is 10.5. The van der Waals surface area contributed by atoms with Crippen LogP contribution in [-0.2, 0) is 22.8 Å². The largest absolute Gasteiger partial charge is 0.501 e. The number of amides is 1. The van der Waals surface area contributed by atoms with Crippen LogP contribution in [0.2, 0.25) is 6.04 Å². The fraction of sp³-hybridized carbons (Fsp3) is 0.938. The number of unbranched alkanes of at least 4 members (excludes halogenated alkanes) is 2. The van der Waals surface area contributed by atoms with E-state index in [1.54, 1.807) is 11.0 Å². The van der Waals surface area contributed by atoms with Crippen LogP contribution in [0.25, 0.3) is 0 Å². The number of hydrogen-bond acceptors (Lipinski definition) is 8. The molecule has 1 fully saturated rings. The van der Waals surface area contributed by atoms with E-state index < -0.39 is 27.2 Å². The van der Waals surface area contributed by atoms with Crippen molar-refractivity contribution in [2.75, 3.05) is 46.1 Å². The van der Waals surface area contributed by atoms with E-state index in [-0.39, 0.29) is 16.9 Å². The molecule has 0 radical (unpaired) electrons. The van der Waals surface area contributed by atoms with E-state index >= 15 is 0 Å². The smallest absolute Gasteiger partial charge is 0.465 e. The highest BCUT2D eigenvalue weighted by Crippen LogP contribution is 2.47. The van der Waals surface area contributed by atoms with E-state index in [9.17, 15) is 14.7 Å². The third kappa shape index (κ3) is 13.7. The molecule has 252 valence electrons. The number of rotatable bonds is 23. The Labute approximate surface area is 263 Å². The highest BCUT2D eigenvalue weighted by molar-refractivity contribution is 6.60. The Hall–Kier alpha value is -1.33. The van der Waals surface area contributed by atoms with Crippen molar-refractivity contribution in [1.82, 2.24) is 9.80 Å². The van der Waals surface area contributed by atoms with E-state index in [2.05, 4.69) is 44.5 Å². The van der Waals surface area contributed by atoms with Gasteiger partial charge in [-0.2, -0.15) is 0 Å². The van der Waals surface area contributed by atoms with Crippen molar-refractivity contribution in [3.05, 3.63) is 0 Å². The molecule has 0 heterocycles. The van der Waals surface area contributed by atoms with Gasteiger partial charge in [-0.15, -0.1) is 0 Å². The van der Waals surface area contributed by atoms with Gasteiger partial charge in [-0.05, 0) is 77.0 Å². The summed E-state index contributed by atoms with van der Waals surface area (Å²) < 4.78 is 24.8. The van der Waals surface area contributed by atoms with Crippen LogP contribution in [0.4, 0.5) is 4.79 Å². The van der Waals surface area contributed by atoms with E-state index in [0.29, 0.717) is 51.9 Å². The van der Waals surface area contributed by atoms with Gasteiger partial charge in [-0.25, -0.2) is 14.6 Å². The van der Waals surface area contributed by atoms with Crippen molar-refractivity contribution >= 4 is 21.0 Å². The Morgan fingerprint density at radius 2 is 1.53 bits per heavy atom. The zero-order chi connectivity index (χ0) is 32.5. The molecule has 1 aliphatic carbocycles. The van der Waals surface area contributed by atoms with Gasteiger partial charge in [-0.1, -0.05) is 47.5 Å². The highest BCUT2D eigenvalue weighted by Gasteiger charge is 2.45. The number of ether oxygens (including phenoxy) is 1. The van der Waals surface area contributed by atoms with E-state index in [1.165, 1.54) is 0 Å². The zero-order valence-corrected chi connectivity index (χ0v) is 29.8. The lowest BCUT2D eigenvalue weighted by Gasteiger charge is -2.48. The number of aliphatic imine (C=N–C) groups is 1. The Balaban J connectivity index is 3.27. The van der Waals surface area contributed by atoms with E-state index in [1.807, 2.05) is 27.7 Å². The molecule has 0 spiro atoms. The van der Waals surface area contributed by atoms with Crippen molar-refractivity contribution in [3.8, 4) is 0 Å². The minimum absolute atomic E-state index is 0.0618. The molecule has 1 rings (SSSR count). The zero-order valence-electron chi connectivity index (χ0n) is 28.8. The first kappa shape index (κ1) is 39.7. The highest BCUT2D eigenvalue weighted by atomic mass is 28.4. The molecular formula is C32H63N3O7Si. The molecule has 1 aliphatic rings. The molecule has 1 N–H and O–H groups in total. The fourth-order valence-corrected chi connectivity index (χ4v) is 9.53. The molecule has 1 amide bonds. The maximum absolute atomic E-state index is 12.9. The first-order valence-corrected chi connectivity index (χ1v) is 18.6. The minimum atomic E-state index is -2.80. The van der Waals surface area contributed by atoms with Gasteiger partial charge in [0, 0.05) is 52.1 Å². The summed E-state index contributed by atoms with van der Waals surface area (Å²) in [6.07, 6.45) is 7.48. The van der Waals surface area contributed by atoms with Crippen molar-refractivity contribution in [2.24, 2.45) is 15.8 Å². The number of isocyanates is 1. The average molecular weight is 630 g/mol. The molecule has 11 heteroatoms. The van der Waals surface area contributed by atoms with Crippen LogP contribution in [0.3, 0.4) is 0 Å². The van der Waals surface area contributed by atoms with Crippen molar-refractivity contribution < 1.29 is 32.7 Å². The molecule has 0 saturated heterocycles. The monoisotopic (exact) mass is 629 g/mol. The molecule has 0 aliphatic heterocycles. The summed E-state index contributed by atoms with van der Waals surface area (Å²) in [7, 11) is -2.80. The third-order valence-electron chi connectivity index (χ3n) is 8.33. The minimum Gasteiger partial charge on any atom is -0.465 e. The van der Waals surface area contributed by atoms with Crippen molar-refractivity contribution in [3.63, 3.8) is 0 Å². The van der Waals surface area contributed by atoms with Crippen LogP contribution in [0.1, 0.15) is 114 Å². The quantitative estimate of drug-likeness (QED) is 0.0425. The standard InChI is InChI=1S/C32H63N3O7Si/c1-10-15-18-34(19-16-11-2)29(39-20-17-21-43(40-12-3,41-13-4)42-14-5)27(6)35(30(37)38)25-32(9)23-28(33-26-36)22-31(7,8)24-32/h27-29H,10-25H2,1-9H3,(H,37,38). The molecule has 0 aromatic rings. The van der Waals surface area contributed by atoms with Crippen LogP contribution in [0.15, 0.2) is 4.99 Å². The van der Waals surface area contributed by atoms with Gasteiger partial charge >= 0.3 is 14.9 Å². The topological polar surface area (TPSA) is 110 Å². The summed E-state index contributed by atoms with van der Waals surface area (Å²) in [6, 6.07) is 0.0798. The van der Waals surface area contributed by atoms with Crippen molar-refractivity contribution in [1.29, 1.82) is 0 Å². The van der Waals surface area contributed by atoms with Gasteiger partial charge in [0.2, 0.25) is 6.08 Å². The molecular weight excluding hydrogens is 566 g/mol. The molecule has 4 unspecified atom stereocenters. The first-order chi connectivity index (χ1) is 20.3. The average Bonchev–Trinajstić information content (AvgIpc) is 2.91. The van der Waals surface area contributed by atoms with Crippen LogP contribution >= 0.6 is 0 Å². The van der Waals surface area contributed by atoms with Gasteiger partial charge in [0.25, 0.3) is 0 Å². The number of carbonyl (C=O) groups excluding carboxylic acids is 1. The lowest BCUT2D eigenvalue weighted by atomic mass is 9.62. The summed E-state index contributed by atoms with van der Waals surface area (Å²) in [5.41, 5.74) is -0.396. The van der Waals surface area contributed by atoms with Crippen molar-refractivity contribution in [2.45, 2.75) is 138 Å². The van der Waals surface area contributed by atoms with E-state index in [0.717, 1.165) is 51.6 Å². The second-order valence-corrected chi connectivity index (χ2v) is 15.9. The van der Waals surface area contributed by atoms with Gasteiger partial charge in [0.15, 0.2) is 0 Å². The summed E-state index contributed by atoms with van der Waals surface area (Å²) in [5.74, 6) is 0. The summed E-state index contributed by atoms with van der Waals surface area (Å²) >= 11 is 0. The normalized spacial score (nSPS) is 21.8. The number of carbonyl (C=O) groups is 1. The van der Waals surface area contributed by atoms with Crippen LogP contribution in [-0.4, -0.2) is 100 Å². The predicted molar refractivity (Wildman–Crippen MR) is 173 cm³/mol. The predicted octanol–water partition coefficient (Wildman–Crippen LogP) is 6.96. The molecule has 0 aromatic carbocycles. The van der Waals surface area contributed by atoms with Crippen LogP contribution < -0.4 is 0 Å². The molecule has 4 atom stereocenters. The number of hydrogen-bond donors (Lipinski definition) is 1. The lowest BCUT2D eigenvalue weighted by Crippen LogP contribution is -2.57. The molecule has 43 heavy (non-hydrogen) atoms. The SMILES string of the molecule is CCCCN(CCCC)C(OCCC[Si](OCC)(OCC)OCC)C(C)N(CC1(C)CC(N=C=O)CC(C)(C)C1)C(=O)O. The summed E-state index contributed by atoms with van der Waals surface area (Å²) in [4.78, 5) is 32.0. The van der Waals surface area contributed by atoms with E-state index in [4.69, 9.17) is 18.0 Å². The Bertz CT molecular complexity index is 817. The molecule has 0 bridgehead atoms. The Kier molecular flexibility index (Phi) is 18.4. The molecule has 1 saturated carbocycles. The maximum atomic E-state index is 12.9. The first-order valence-electron chi connectivity index (χ1n) is 16.7. The third-order valence-corrected chi connectivity index (χ3v) is 11.5. The van der Waals surface area contributed by atoms with Crippen LogP contribution in [0.5, 0.6) is 0 Å². The lowest BCUT2D eigenvalue weighted by molar-refractivity contribution is -0.106. The summed E-state index contributed by atoms with van der Waals surface area (Å²) in [6.45, 7) is 22.7. The molecule has 0 aromatic heterocycles. The van der Waals surface area contributed by atoms with Gasteiger partial charge in [0.05, 0.1) is 12.1 Å². The Morgan fingerprint density at radius 1 is 0.977 bits per heavy atom. The second kappa shape index (κ2) is 19.9. The fourth-order valence-electron chi connectivity index (χ4n) is 6.95. The van der Waals surface area contributed by atoms with Gasteiger partial charge in [0.1, 0.15) is 6.23 Å². The van der Waals surface area contributed by atoms with Gasteiger partial charge in [-0.3, -0.25) is 4.90 Å². The Morgan fingerprint density at radius 3 is 2.00 bits per heavy atom. The second-order valence-electron chi connectivity index (χ2n) is 13.2. The van der Waals surface area contributed by atoms with Crippen LogP contribution in [0, 0.1) is 10.8 Å².